The summed E-state index contributed by atoms with van der Waals surface area (Å²) in [5.74, 6) is -1.04. The standard InChI is InChI=1S/C25H19F4N5O3/c1-24(2,36)23-30-9-11(10-31-23)13-6-17-15(7-14(13)26)32-21-16-8-18(34(17)21)20-12(22(35)33-16)4-3-5-19(20)37-25(27,28)29/h3-7,9-10,16,18,36H,8H2,1-2H3,(H,33,35). The van der Waals surface area contributed by atoms with Crippen LogP contribution in [0.5, 0.6) is 5.75 Å². The van der Waals surface area contributed by atoms with Gasteiger partial charge in [0.1, 0.15) is 23.0 Å². The van der Waals surface area contributed by atoms with Gasteiger partial charge in [-0.15, -0.1) is 13.2 Å². The lowest BCUT2D eigenvalue weighted by atomic mass is 9.97. The van der Waals surface area contributed by atoms with Crippen LogP contribution in [-0.4, -0.2) is 36.9 Å². The molecule has 4 heterocycles. The summed E-state index contributed by atoms with van der Waals surface area (Å²) in [4.78, 5) is 25.6. The predicted molar refractivity (Wildman–Crippen MR) is 122 cm³/mol. The lowest BCUT2D eigenvalue weighted by Crippen LogP contribution is -2.28. The topological polar surface area (TPSA) is 102 Å². The lowest BCUT2D eigenvalue weighted by molar-refractivity contribution is -0.275. The first-order chi connectivity index (χ1) is 17.4. The number of hydrogen-bond donors (Lipinski definition) is 2. The number of ether oxygens (including phenoxy) is 1. The Labute approximate surface area is 206 Å². The number of aliphatic hydroxyl groups is 1. The molecule has 2 unspecified atom stereocenters. The van der Waals surface area contributed by atoms with Crippen molar-refractivity contribution in [3.8, 4) is 16.9 Å². The van der Waals surface area contributed by atoms with E-state index in [-0.39, 0.29) is 34.5 Å². The highest BCUT2D eigenvalue weighted by molar-refractivity contribution is 5.98. The van der Waals surface area contributed by atoms with Crippen LogP contribution in [0, 0.1) is 5.82 Å². The van der Waals surface area contributed by atoms with Crippen molar-refractivity contribution < 1.29 is 32.2 Å². The van der Waals surface area contributed by atoms with Crippen LogP contribution in [0.2, 0.25) is 0 Å². The number of rotatable bonds is 3. The Balaban J connectivity index is 1.53. The average Bonchev–Trinajstić information content (AvgIpc) is 3.28. The van der Waals surface area contributed by atoms with Gasteiger partial charge in [0.25, 0.3) is 5.91 Å². The van der Waals surface area contributed by atoms with Crippen LogP contribution >= 0.6 is 0 Å². The van der Waals surface area contributed by atoms with Gasteiger partial charge in [-0.25, -0.2) is 19.3 Å². The number of benzene rings is 2. The molecule has 12 heteroatoms. The van der Waals surface area contributed by atoms with E-state index in [1.54, 1.807) is 4.57 Å². The van der Waals surface area contributed by atoms with Crippen LogP contribution in [0.15, 0.2) is 42.7 Å². The summed E-state index contributed by atoms with van der Waals surface area (Å²) >= 11 is 0. The first-order valence-electron chi connectivity index (χ1n) is 11.4. The van der Waals surface area contributed by atoms with Crippen molar-refractivity contribution in [2.45, 2.75) is 44.3 Å². The van der Waals surface area contributed by atoms with Crippen molar-refractivity contribution in [3.63, 3.8) is 0 Å². The van der Waals surface area contributed by atoms with Crippen molar-refractivity contribution >= 4 is 16.9 Å². The van der Waals surface area contributed by atoms with E-state index < -0.39 is 41.5 Å². The molecule has 2 aliphatic rings. The molecule has 0 fully saturated rings. The number of nitrogens with zero attached hydrogens (tertiary/aromatic N) is 4. The number of carbonyl (C=O) groups excluding carboxylic acids is 1. The molecular weight excluding hydrogens is 494 g/mol. The fraction of sp³-hybridized carbons (Fsp3) is 0.280. The summed E-state index contributed by atoms with van der Waals surface area (Å²) in [6, 6.07) is 5.41. The van der Waals surface area contributed by atoms with Gasteiger partial charge < -0.3 is 19.7 Å². The highest BCUT2D eigenvalue weighted by Crippen LogP contribution is 2.48. The van der Waals surface area contributed by atoms with Gasteiger partial charge in [-0.05, 0) is 38.5 Å². The summed E-state index contributed by atoms with van der Waals surface area (Å²) in [6.07, 6.45) is -1.92. The number of hydrogen-bond acceptors (Lipinski definition) is 6. The second-order valence-electron chi connectivity index (χ2n) is 9.56. The van der Waals surface area contributed by atoms with Gasteiger partial charge in [-0.3, -0.25) is 4.79 Å². The Kier molecular flexibility index (Phi) is 4.87. The molecule has 1 amide bonds. The maximum atomic E-state index is 15.2. The van der Waals surface area contributed by atoms with E-state index in [0.29, 0.717) is 16.9 Å². The number of amides is 1. The molecule has 4 aromatic rings. The van der Waals surface area contributed by atoms with Gasteiger partial charge in [-0.1, -0.05) is 6.07 Å². The van der Waals surface area contributed by atoms with Crippen molar-refractivity contribution in [1.82, 2.24) is 24.8 Å². The molecule has 0 saturated carbocycles. The molecule has 8 nitrogen and oxygen atoms in total. The Morgan fingerprint density at radius 2 is 1.86 bits per heavy atom. The van der Waals surface area contributed by atoms with Gasteiger partial charge in [0, 0.05) is 40.7 Å². The molecule has 0 radical (unpaired) electrons. The zero-order valence-corrected chi connectivity index (χ0v) is 19.5. The first kappa shape index (κ1) is 23.3. The number of imidazole rings is 1. The van der Waals surface area contributed by atoms with Crippen molar-refractivity contribution in [3.05, 3.63) is 71.3 Å². The van der Waals surface area contributed by atoms with Gasteiger partial charge in [-0.2, -0.15) is 0 Å². The normalized spacial score (nSPS) is 18.8. The van der Waals surface area contributed by atoms with Gasteiger partial charge in [0.2, 0.25) is 0 Å². The molecule has 2 bridgehead atoms. The predicted octanol–water partition coefficient (Wildman–Crippen LogP) is 4.54. The largest absolute Gasteiger partial charge is 0.573 e. The van der Waals surface area contributed by atoms with E-state index in [0.717, 1.165) is 0 Å². The first-order valence-corrected chi connectivity index (χ1v) is 11.4. The summed E-state index contributed by atoms with van der Waals surface area (Å²) < 4.78 is 60.8. The summed E-state index contributed by atoms with van der Waals surface area (Å²) in [7, 11) is 0. The van der Waals surface area contributed by atoms with Crippen molar-refractivity contribution in [1.29, 1.82) is 0 Å². The number of nitrogens with one attached hydrogen (secondary N) is 1. The Morgan fingerprint density at radius 3 is 2.54 bits per heavy atom. The van der Waals surface area contributed by atoms with E-state index in [1.807, 2.05) is 0 Å². The minimum Gasteiger partial charge on any atom is -0.405 e. The monoisotopic (exact) mass is 513 g/mol. The smallest absolute Gasteiger partial charge is 0.405 e. The molecular formula is C25H19F4N5O3. The number of carbonyl (C=O) groups is 1. The minimum atomic E-state index is -4.96. The van der Waals surface area contributed by atoms with Crippen LogP contribution in [0.25, 0.3) is 22.2 Å². The van der Waals surface area contributed by atoms with Crippen LogP contribution in [0.4, 0.5) is 17.6 Å². The van der Waals surface area contributed by atoms with E-state index in [9.17, 15) is 23.1 Å². The Morgan fingerprint density at radius 1 is 1.14 bits per heavy atom. The minimum absolute atomic E-state index is 0.0692. The fourth-order valence-electron chi connectivity index (χ4n) is 5.05. The summed E-state index contributed by atoms with van der Waals surface area (Å²) in [6.45, 7) is 3.05. The van der Waals surface area contributed by atoms with E-state index in [1.165, 1.54) is 56.6 Å². The second-order valence-corrected chi connectivity index (χ2v) is 9.56. The van der Waals surface area contributed by atoms with E-state index >= 15 is 4.39 Å². The molecule has 2 aromatic carbocycles. The van der Waals surface area contributed by atoms with E-state index in [4.69, 9.17) is 0 Å². The average molecular weight is 513 g/mol. The quantitative estimate of drug-likeness (QED) is 0.390. The highest BCUT2D eigenvalue weighted by Gasteiger charge is 2.43. The summed E-state index contributed by atoms with van der Waals surface area (Å²) in [5, 5.41) is 12.9. The maximum absolute atomic E-state index is 15.2. The van der Waals surface area contributed by atoms with Crippen molar-refractivity contribution in [2.24, 2.45) is 0 Å². The SMILES string of the molecule is CC(C)(O)c1ncc(-c2cc3c(cc2F)nc2n3C3CC2NC(=O)c2cccc(OC(F)(F)F)c23)cn1. The van der Waals surface area contributed by atoms with Crippen LogP contribution in [0.1, 0.15) is 59.9 Å². The fourth-order valence-corrected chi connectivity index (χ4v) is 5.05. The zero-order valence-electron chi connectivity index (χ0n) is 19.5. The third-order valence-electron chi connectivity index (χ3n) is 6.57. The third-order valence-corrected chi connectivity index (χ3v) is 6.57. The second kappa shape index (κ2) is 7.72. The summed E-state index contributed by atoms with van der Waals surface area (Å²) in [5.41, 5.74) is 0.122. The molecule has 2 aliphatic heterocycles. The lowest BCUT2D eigenvalue weighted by Gasteiger charge is -2.22. The zero-order chi connectivity index (χ0) is 26.3. The number of fused-ring (bicyclic) bond motifs is 9. The van der Waals surface area contributed by atoms with Gasteiger partial charge in [0.15, 0.2) is 5.82 Å². The van der Waals surface area contributed by atoms with Gasteiger partial charge in [0.05, 0.1) is 23.1 Å². The van der Waals surface area contributed by atoms with E-state index in [2.05, 4.69) is 25.0 Å². The molecule has 2 atom stereocenters. The highest BCUT2D eigenvalue weighted by atomic mass is 19.4. The van der Waals surface area contributed by atoms with Crippen molar-refractivity contribution in [2.75, 3.05) is 0 Å². The Bertz CT molecular complexity index is 1570. The molecule has 2 aromatic heterocycles. The van der Waals surface area contributed by atoms with Crippen LogP contribution in [0.3, 0.4) is 0 Å². The molecule has 190 valence electrons. The van der Waals surface area contributed by atoms with Crippen LogP contribution in [-0.2, 0) is 5.60 Å². The number of alkyl halides is 3. The molecule has 37 heavy (non-hydrogen) atoms. The third kappa shape index (κ3) is 3.79. The molecule has 0 saturated heterocycles. The number of halogens is 4. The Hall–Kier alpha value is -4.06. The molecule has 0 spiro atoms. The molecule has 0 aliphatic carbocycles. The molecule has 2 N–H and O–H groups in total. The van der Waals surface area contributed by atoms with Crippen LogP contribution < -0.4 is 10.1 Å². The molecule has 6 rings (SSSR count). The van der Waals surface area contributed by atoms with Gasteiger partial charge >= 0.3 is 6.36 Å². The number of aromatic nitrogens is 4. The maximum Gasteiger partial charge on any atom is 0.573 e.